The van der Waals surface area contributed by atoms with Crippen LogP contribution in [0.5, 0.6) is 0 Å². The molecular formula is C4H6F2O3. The molecule has 0 fully saturated rings. The number of hydrogen-bond donors (Lipinski definition) is 0. The van der Waals surface area contributed by atoms with Crippen LogP contribution in [0.3, 0.4) is 0 Å². The Morgan fingerprint density at radius 3 is 1.78 bits per heavy atom. The highest BCUT2D eigenvalue weighted by Crippen LogP contribution is 1.82. The SMILES string of the molecule is C=CC.O=C(OF)OF. The van der Waals surface area contributed by atoms with Crippen LogP contribution < -0.4 is 0 Å². The molecule has 0 amide bonds. The zero-order chi connectivity index (χ0) is 7.70. The maximum Gasteiger partial charge on any atom is 0.581 e. The Balaban J connectivity index is 0. The highest BCUT2D eigenvalue weighted by molar-refractivity contribution is 5.57. The summed E-state index contributed by atoms with van der Waals surface area (Å²) in [6.07, 6.45) is -0.241. The summed E-state index contributed by atoms with van der Waals surface area (Å²) < 4.78 is 20.3. The minimum atomic E-state index is -1.99. The zero-order valence-corrected chi connectivity index (χ0v) is 4.77. The molecule has 0 radical (unpaired) electrons. The summed E-state index contributed by atoms with van der Waals surface area (Å²) in [5.74, 6) is 0. The van der Waals surface area contributed by atoms with Gasteiger partial charge in [0.15, 0.2) is 0 Å². The Morgan fingerprint density at radius 2 is 1.78 bits per heavy atom. The lowest BCUT2D eigenvalue weighted by molar-refractivity contribution is -0.167. The molecule has 54 valence electrons. The number of carbonyl (C=O) groups is 1. The number of allylic oxidation sites excluding steroid dienone is 1. The minimum absolute atomic E-state index is 1.75. The molecule has 0 aromatic carbocycles. The van der Waals surface area contributed by atoms with Gasteiger partial charge in [-0.3, -0.25) is 0 Å². The third-order valence-electron chi connectivity index (χ3n) is 0.126. The monoisotopic (exact) mass is 140 g/mol. The predicted octanol–water partition coefficient (Wildman–Crippen LogP) is 2.10. The molecule has 3 nitrogen and oxygen atoms in total. The van der Waals surface area contributed by atoms with E-state index in [1.807, 2.05) is 6.92 Å². The third-order valence-corrected chi connectivity index (χ3v) is 0.126. The van der Waals surface area contributed by atoms with E-state index in [9.17, 15) is 9.05 Å². The summed E-state index contributed by atoms with van der Waals surface area (Å²) in [6, 6.07) is 0. The van der Waals surface area contributed by atoms with Crippen molar-refractivity contribution in [2.75, 3.05) is 0 Å². The van der Waals surface area contributed by atoms with Gasteiger partial charge in [-0.1, -0.05) is 6.08 Å². The molecule has 0 aromatic heterocycles. The van der Waals surface area contributed by atoms with E-state index in [4.69, 9.17) is 4.79 Å². The Morgan fingerprint density at radius 1 is 1.56 bits per heavy atom. The molecule has 0 spiro atoms. The van der Waals surface area contributed by atoms with Gasteiger partial charge in [0.25, 0.3) is 0 Å². The van der Waals surface area contributed by atoms with E-state index in [1.165, 1.54) is 0 Å². The molecule has 0 aliphatic heterocycles. The van der Waals surface area contributed by atoms with Crippen molar-refractivity contribution in [2.24, 2.45) is 0 Å². The normalized spacial score (nSPS) is 6.11. The molecule has 0 heterocycles. The summed E-state index contributed by atoms with van der Waals surface area (Å²) in [6.45, 7) is 5.25. The first kappa shape index (κ1) is 10.8. The van der Waals surface area contributed by atoms with Gasteiger partial charge in [-0.2, -0.15) is 4.79 Å². The average molecular weight is 140 g/mol. The van der Waals surface area contributed by atoms with E-state index < -0.39 is 6.16 Å². The second-order valence-electron chi connectivity index (χ2n) is 0.813. The molecule has 0 aliphatic rings. The summed E-state index contributed by atoms with van der Waals surface area (Å²) in [4.78, 5) is 13.3. The van der Waals surface area contributed by atoms with E-state index in [2.05, 4.69) is 16.5 Å². The second-order valence-corrected chi connectivity index (χ2v) is 0.813. The van der Waals surface area contributed by atoms with Gasteiger partial charge in [-0.15, -0.1) is 6.58 Å². The topological polar surface area (TPSA) is 35.5 Å². The van der Waals surface area contributed by atoms with Crippen LogP contribution in [-0.2, 0) is 9.88 Å². The summed E-state index contributed by atoms with van der Waals surface area (Å²) >= 11 is 0. The van der Waals surface area contributed by atoms with Gasteiger partial charge in [0, 0.05) is 9.05 Å². The first-order valence-electron chi connectivity index (χ1n) is 1.91. The van der Waals surface area contributed by atoms with Crippen molar-refractivity contribution < 1.29 is 23.7 Å². The van der Waals surface area contributed by atoms with E-state index >= 15 is 0 Å². The van der Waals surface area contributed by atoms with Crippen LogP contribution in [-0.4, -0.2) is 6.16 Å². The molecule has 0 bridgehead atoms. The third kappa shape index (κ3) is 19.8. The molecule has 0 N–H and O–H groups in total. The Labute approximate surface area is 50.7 Å². The smallest absolute Gasteiger partial charge is 0.211 e. The number of carbonyl (C=O) groups excluding carboxylic acids is 1. The largest absolute Gasteiger partial charge is 0.581 e. The van der Waals surface area contributed by atoms with Crippen LogP contribution in [0.4, 0.5) is 13.8 Å². The fourth-order valence-electron chi connectivity index (χ4n) is 0.0119. The molecule has 5 heteroatoms. The molecule has 0 unspecified atom stereocenters. The van der Waals surface area contributed by atoms with E-state index in [-0.39, 0.29) is 0 Å². The molecule has 9 heavy (non-hydrogen) atoms. The molecule has 0 rings (SSSR count). The molecule has 0 aromatic rings. The number of hydrogen-bond acceptors (Lipinski definition) is 3. The molecular weight excluding hydrogens is 134 g/mol. The lowest BCUT2D eigenvalue weighted by Crippen LogP contribution is -1.91. The fourth-order valence-corrected chi connectivity index (χ4v) is 0.0119. The minimum Gasteiger partial charge on any atom is -0.211 e. The van der Waals surface area contributed by atoms with Crippen LogP contribution in [0.15, 0.2) is 12.7 Å². The van der Waals surface area contributed by atoms with Gasteiger partial charge < -0.3 is 0 Å². The van der Waals surface area contributed by atoms with E-state index in [0.29, 0.717) is 0 Å². The Bertz CT molecular complexity index is 77.9. The van der Waals surface area contributed by atoms with Crippen molar-refractivity contribution in [3.05, 3.63) is 12.7 Å². The van der Waals surface area contributed by atoms with Crippen LogP contribution >= 0.6 is 0 Å². The van der Waals surface area contributed by atoms with Crippen LogP contribution in [0.25, 0.3) is 0 Å². The van der Waals surface area contributed by atoms with Crippen LogP contribution in [0.1, 0.15) is 6.92 Å². The second kappa shape index (κ2) is 9.98. The summed E-state index contributed by atoms with van der Waals surface area (Å²) in [5.41, 5.74) is 0. The lowest BCUT2D eigenvalue weighted by atomic mass is 10.8. The summed E-state index contributed by atoms with van der Waals surface area (Å²) in [5, 5.41) is 0. The predicted molar refractivity (Wildman–Crippen MR) is 25.7 cm³/mol. The van der Waals surface area contributed by atoms with Gasteiger partial charge >= 0.3 is 6.16 Å². The standard InChI is InChI=1S/C3H6.CF2O3/c1-3-2;2-5-1(4)6-3/h3H,1H2,2H3;. The highest BCUT2D eigenvalue weighted by atomic mass is 19.3. The van der Waals surface area contributed by atoms with Crippen molar-refractivity contribution in [1.29, 1.82) is 0 Å². The van der Waals surface area contributed by atoms with Crippen LogP contribution in [0.2, 0.25) is 0 Å². The maximum absolute atomic E-state index is 10.2. The molecule has 0 atom stereocenters. The van der Waals surface area contributed by atoms with Crippen molar-refractivity contribution in [1.82, 2.24) is 0 Å². The fraction of sp³-hybridized carbons (Fsp3) is 0.250. The van der Waals surface area contributed by atoms with Crippen molar-refractivity contribution >= 4 is 6.16 Å². The van der Waals surface area contributed by atoms with Crippen molar-refractivity contribution in [3.8, 4) is 0 Å². The molecule has 0 saturated carbocycles. The quantitative estimate of drug-likeness (QED) is 0.483. The van der Waals surface area contributed by atoms with E-state index in [1.54, 1.807) is 6.08 Å². The van der Waals surface area contributed by atoms with Crippen molar-refractivity contribution in [2.45, 2.75) is 6.92 Å². The first-order chi connectivity index (χ1) is 4.22. The summed E-state index contributed by atoms with van der Waals surface area (Å²) in [7, 11) is 0. The van der Waals surface area contributed by atoms with Gasteiger partial charge in [0.05, 0.1) is 0 Å². The van der Waals surface area contributed by atoms with Crippen molar-refractivity contribution in [3.63, 3.8) is 0 Å². The number of rotatable bonds is 0. The average Bonchev–Trinajstić information content (AvgIpc) is 1.88. The Kier molecular flexibility index (Phi) is 12.0. The van der Waals surface area contributed by atoms with Gasteiger partial charge in [0.1, 0.15) is 0 Å². The first-order valence-corrected chi connectivity index (χ1v) is 1.91. The number of halogens is 2. The van der Waals surface area contributed by atoms with E-state index in [0.717, 1.165) is 0 Å². The highest BCUT2D eigenvalue weighted by Gasteiger charge is 1.99. The molecule has 0 saturated heterocycles. The molecule has 0 aliphatic carbocycles. The maximum atomic E-state index is 10.2. The lowest BCUT2D eigenvalue weighted by Gasteiger charge is -1.76. The van der Waals surface area contributed by atoms with Gasteiger partial charge in [0.2, 0.25) is 0 Å². The van der Waals surface area contributed by atoms with Crippen LogP contribution in [0, 0.1) is 0 Å². The van der Waals surface area contributed by atoms with Gasteiger partial charge in [-0.05, 0) is 6.92 Å². The zero-order valence-electron chi connectivity index (χ0n) is 4.77. The van der Waals surface area contributed by atoms with Gasteiger partial charge in [-0.25, -0.2) is 9.88 Å². The Hall–Kier alpha value is -1.13.